The Labute approximate surface area is 92.1 Å². The maximum Gasteiger partial charge on any atom is 0.0366 e. The molecule has 1 fully saturated rings. The van der Waals surface area contributed by atoms with Crippen molar-refractivity contribution in [1.82, 2.24) is 0 Å². The summed E-state index contributed by atoms with van der Waals surface area (Å²) < 4.78 is 0. The fourth-order valence-electron chi connectivity index (χ4n) is 2.00. The van der Waals surface area contributed by atoms with Gasteiger partial charge in [-0.3, -0.25) is 0 Å². The first-order valence-corrected chi connectivity index (χ1v) is 5.74. The van der Waals surface area contributed by atoms with Crippen molar-refractivity contribution in [2.75, 3.05) is 11.9 Å². The molecule has 0 radical (unpaired) electrons. The van der Waals surface area contributed by atoms with E-state index in [0.29, 0.717) is 12.6 Å². The van der Waals surface area contributed by atoms with Crippen molar-refractivity contribution in [3.05, 3.63) is 29.8 Å². The van der Waals surface area contributed by atoms with Crippen LogP contribution in [0.2, 0.25) is 0 Å². The number of hydrogen-bond donors (Lipinski definition) is 1. The second-order valence-corrected chi connectivity index (χ2v) is 4.56. The third-order valence-corrected chi connectivity index (χ3v) is 3.49. The van der Waals surface area contributed by atoms with E-state index in [0.717, 1.165) is 5.92 Å². The lowest BCUT2D eigenvalue weighted by molar-refractivity contribution is 0.609. The third kappa shape index (κ3) is 2.32. The van der Waals surface area contributed by atoms with Crippen LogP contribution in [-0.2, 0) is 6.54 Å². The van der Waals surface area contributed by atoms with Crippen molar-refractivity contribution in [3.63, 3.8) is 0 Å². The molecule has 15 heavy (non-hydrogen) atoms. The molecule has 1 aromatic carbocycles. The Hall–Kier alpha value is -1.02. The van der Waals surface area contributed by atoms with Gasteiger partial charge in [0.2, 0.25) is 0 Å². The first kappa shape index (κ1) is 10.5. The number of benzene rings is 1. The Morgan fingerprint density at radius 3 is 2.40 bits per heavy atom. The molecule has 82 valence electrons. The molecule has 0 saturated heterocycles. The molecule has 0 heterocycles. The normalized spacial score (nSPS) is 17.5. The number of nitrogens with two attached hydrogens (primary N) is 1. The van der Waals surface area contributed by atoms with Gasteiger partial charge in [-0.05, 0) is 43.4 Å². The Kier molecular flexibility index (Phi) is 2.96. The molecular weight excluding hydrogens is 184 g/mol. The number of anilines is 1. The summed E-state index contributed by atoms with van der Waals surface area (Å²) in [5, 5.41) is 0. The van der Waals surface area contributed by atoms with Crippen molar-refractivity contribution in [2.24, 2.45) is 11.7 Å². The quantitative estimate of drug-likeness (QED) is 0.816. The molecule has 2 rings (SSSR count). The lowest BCUT2D eigenvalue weighted by Crippen LogP contribution is -2.30. The standard InChI is InChI=1S/C13H20N2/c1-10(12-5-6-12)15(2)13-7-3-11(9-14)4-8-13/h3-4,7-8,10,12H,5-6,9,14H2,1-2H3. The highest BCUT2D eigenvalue weighted by molar-refractivity contribution is 5.48. The summed E-state index contributed by atoms with van der Waals surface area (Å²) in [6, 6.07) is 9.23. The lowest BCUT2D eigenvalue weighted by Gasteiger charge is -2.27. The first-order valence-electron chi connectivity index (χ1n) is 5.74. The monoisotopic (exact) mass is 204 g/mol. The molecule has 1 aromatic rings. The van der Waals surface area contributed by atoms with Crippen molar-refractivity contribution in [1.29, 1.82) is 0 Å². The highest BCUT2D eigenvalue weighted by Gasteiger charge is 2.30. The predicted octanol–water partition coefficient (Wildman–Crippen LogP) is 2.38. The summed E-state index contributed by atoms with van der Waals surface area (Å²) in [7, 11) is 2.18. The van der Waals surface area contributed by atoms with Gasteiger partial charge in [-0.1, -0.05) is 12.1 Å². The van der Waals surface area contributed by atoms with Crippen LogP contribution in [0.5, 0.6) is 0 Å². The van der Waals surface area contributed by atoms with Crippen LogP contribution in [0.3, 0.4) is 0 Å². The van der Waals surface area contributed by atoms with Crippen molar-refractivity contribution in [3.8, 4) is 0 Å². The minimum atomic E-state index is 0.627. The Morgan fingerprint density at radius 2 is 1.93 bits per heavy atom. The highest BCUT2D eigenvalue weighted by atomic mass is 15.1. The van der Waals surface area contributed by atoms with Crippen molar-refractivity contribution < 1.29 is 0 Å². The van der Waals surface area contributed by atoms with E-state index in [1.807, 2.05) is 0 Å². The zero-order valence-corrected chi connectivity index (χ0v) is 9.61. The topological polar surface area (TPSA) is 29.3 Å². The van der Waals surface area contributed by atoms with Crippen LogP contribution in [0.15, 0.2) is 24.3 Å². The van der Waals surface area contributed by atoms with Gasteiger partial charge in [-0.2, -0.15) is 0 Å². The smallest absolute Gasteiger partial charge is 0.0366 e. The van der Waals surface area contributed by atoms with Gasteiger partial charge < -0.3 is 10.6 Å². The molecule has 2 N–H and O–H groups in total. The Morgan fingerprint density at radius 1 is 1.33 bits per heavy atom. The molecule has 1 unspecified atom stereocenters. The van der Waals surface area contributed by atoms with Gasteiger partial charge in [-0.25, -0.2) is 0 Å². The van der Waals surface area contributed by atoms with Gasteiger partial charge in [0.05, 0.1) is 0 Å². The fraction of sp³-hybridized carbons (Fsp3) is 0.538. The van der Waals surface area contributed by atoms with Gasteiger partial charge in [0.15, 0.2) is 0 Å². The largest absolute Gasteiger partial charge is 0.372 e. The van der Waals surface area contributed by atoms with Gasteiger partial charge >= 0.3 is 0 Å². The van der Waals surface area contributed by atoms with E-state index >= 15 is 0 Å². The van der Waals surface area contributed by atoms with Crippen LogP contribution in [0.1, 0.15) is 25.3 Å². The van der Waals surface area contributed by atoms with Crippen molar-refractivity contribution >= 4 is 5.69 Å². The Bertz CT molecular complexity index is 314. The average Bonchev–Trinajstić information content (AvgIpc) is 3.11. The van der Waals surface area contributed by atoms with E-state index in [2.05, 4.69) is 43.1 Å². The molecule has 2 heteroatoms. The van der Waals surface area contributed by atoms with E-state index in [1.54, 1.807) is 0 Å². The lowest BCUT2D eigenvalue weighted by atomic mass is 10.1. The summed E-state index contributed by atoms with van der Waals surface area (Å²) in [4.78, 5) is 2.37. The van der Waals surface area contributed by atoms with Crippen LogP contribution >= 0.6 is 0 Å². The summed E-state index contributed by atoms with van der Waals surface area (Å²) in [5.41, 5.74) is 8.08. The van der Waals surface area contributed by atoms with Crippen LogP contribution in [0.25, 0.3) is 0 Å². The number of nitrogens with zero attached hydrogens (tertiary/aromatic N) is 1. The van der Waals surface area contributed by atoms with Crippen LogP contribution in [-0.4, -0.2) is 13.1 Å². The minimum Gasteiger partial charge on any atom is -0.372 e. The zero-order valence-electron chi connectivity index (χ0n) is 9.61. The zero-order chi connectivity index (χ0) is 10.8. The van der Waals surface area contributed by atoms with Gasteiger partial charge in [-0.15, -0.1) is 0 Å². The molecule has 0 aliphatic heterocycles. The van der Waals surface area contributed by atoms with E-state index in [-0.39, 0.29) is 0 Å². The summed E-state index contributed by atoms with van der Waals surface area (Å²) in [6.07, 6.45) is 2.79. The SMILES string of the molecule is CC(C1CC1)N(C)c1ccc(CN)cc1. The van der Waals surface area contributed by atoms with E-state index < -0.39 is 0 Å². The van der Waals surface area contributed by atoms with Crippen LogP contribution in [0, 0.1) is 5.92 Å². The molecule has 1 saturated carbocycles. The summed E-state index contributed by atoms with van der Waals surface area (Å²) in [6.45, 7) is 2.94. The molecule has 1 aliphatic rings. The van der Waals surface area contributed by atoms with Gasteiger partial charge in [0, 0.05) is 25.3 Å². The van der Waals surface area contributed by atoms with Crippen LogP contribution < -0.4 is 10.6 Å². The summed E-state index contributed by atoms with van der Waals surface area (Å²) >= 11 is 0. The maximum atomic E-state index is 5.58. The average molecular weight is 204 g/mol. The molecule has 2 nitrogen and oxygen atoms in total. The van der Waals surface area contributed by atoms with Crippen LogP contribution in [0.4, 0.5) is 5.69 Å². The molecule has 0 bridgehead atoms. The third-order valence-electron chi connectivity index (χ3n) is 3.49. The predicted molar refractivity (Wildman–Crippen MR) is 64.9 cm³/mol. The number of hydrogen-bond acceptors (Lipinski definition) is 2. The molecule has 0 spiro atoms. The Balaban J connectivity index is 2.07. The van der Waals surface area contributed by atoms with E-state index in [9.17, 15) is 0 Å². The highest BCUT2D eigenvalue weighted by Crippen LogP contribution is 2.36. The molecule has 1 aliphatic carbocycles. The fourth-order valence-corrected chi connectivity index (χ4v) is 2.00. The summed E-state index contributed by atoms with van der Waals surface area (Å²) in [5.74, 6) is 0.907. The first-order chi connectivity index (χ1) is 7.22. The molecular formula is C13H20N2. The minimum absolute atomic E-state index is 0.627. The second-order valence-electron chi connectivity index (χ2n) is 4.56. The molecule has 1 atom stereocenters. The van der Waals surface area contributed by atoms with E-state index in [4.69, 9.17) is 5.73 Å². The van der Waals surface area contributed by atoms with Gasteiger partial charge in [0.1, 0.15) is 0 Å². The maximum absolute atomic E-state index is 5.58. The number of rotatable bonds is 4. The molecule has 0 aromatic heterocycles. The molecule has 0 amide bonds. The van der Waals surface area contributed by atoms with E-state index in [1.165, 1.54) is 24.1 Å². The second kappa shape index (κ2) is 4.23. The van der Waals surface area contributed by atoms with Gasteiger partial charge in [0.25, 0.3) is 0 Å². The van der Waals surface area contributed by atoms with Crippen molar-refractivity contribution in [2.45, 2.75) is 32.4 Å².